The Morgan fingerprint density at radius 3 is 2.42 bits per heavy atom. The molecular weight excluding hydrogens is 545 g/mol. The highest BCUT2D eigenvalue weighted by Gasteiger charge is 2.25. The molecule has 0 unspecified atom stereocenters. The number of hydrogen-bond acceptors (Lipinski definition) is 6. The molecule has 1 aliphatic heterocycles. The summed E-state index contributed by atoms with van der Waals surface area (Å²) in [4.78, 5) is 31.5. The van der Waals surface area contributed by atoms with Gasteiger partial charge < -0.3 is 19.7 Å². The summed E-state index contributed by atoms with van der Waals surface area (Å²) in [7, 11) is 0. The molecule has 10 heteroatoms. The number of halogens is 2. The van der Waals surface area contributed by atoms with Gasteiger partial charge in [0.2, 0.25) is 5.95 Å². The van der Waals surface area contributed by atoms with E-state index in [1.54, 1.807) is 30.6 Å². The van der Waals surface area contributed by atoms with Gasteiger partial charge in [0, 0.05) is 48.3 Å². The van der Waals surface area contributed by atoms with Crippen LogP contribution < -0.4 is 10.2 Å². The van der Waals surface area contributed by atoms with Gasteiger partial charge in [-0.05, 0) is 35.4 Å². The lowest BCUT2D eigenvalue weighted by Crippen LogP contribution is -2.49. The molecule has 1 amide bonds. The van der Waals surface area contributed by atoms with Gasteiger partial charge in [-0.2, -0.15) is 9.97 Å². The Labute approximate surface area is 242 Å². The van der Waals surface area contributed by atoms with E-state index in [4.69, 9.17) is 33.2 Å². The largest absolute Gasteiger partial charge is 0.364 e. The van der Waals surface area contributed by atoms with Gasteiger partial charge in [0.1, 0.15) is 0 Å². The van der Waals surface area contributed by atoms with E-state index in [9.17, 15) is 4.79 Å². The third-order valence-electron chi connectivity index (χ3n) is 6.97. The Kier molecular flexibility index (Phi) is 7.53. The van der Waals surface area contributed by atoms with Crippen molar-refractivity contribution in [3.63, 3.8) is 0 Å². The molecule has 0 radical (unpaired) electrons. The van der Waals surface area contributed by atoms with Gasteiger partial charge in [0.15, 0.2) is 17.0 Å². The minimum atomic E-state index is -0.0263. The smallest absolute Gasteiger partial charge is 0.254 e. The number of piperazine rings is 1. The fourth-order valence-electron chi connectivity index (χ4n) is 4.83. The van der Waals surface area contributed by atoms with Crippen LogP contribution in [0.15, 0.2) is 85.2 Å². The minimum Gasteiger partial charge on any atom is -0.364 e. The molecule has 1 N–H and O–H groups in total. The number of aromatic nitrogens is 4. The van der Waals surface area contributed by atoms with Crippen LogP contribution in [-0.4, -0.2) is 56.5 Å². The van der Waals surface area contributed by atoms with Crippen molar-refractivity contribution in [3.8, 4) is 0 Å². The van der Waals surface area contributed by atoms with Crippen LogP contribution in [-0.2, 0) is 13.1 Å². The number of carbonyl (C=O) groups excluding carboxylic acids is 1. The fraction of sp³-hybridized carbons (Fsp3) is 0.200. The van der Waals surface area contributed by atoms with Gasteiger partial charge in [-0.25, -0.2) is 4.98 Å². The molecule has 2 aromatic heterocycles. The van der Waals surface area contributed by atoms with Crippen LogP contribution in [0.4, 0.5) is 11.8 Å². The summed E-state index contributed by atoms with van der Waals surface area (Å²) < 4.78 is 2.04. The number of rotatable bonds is 7. The van der Waals surface area contributed by atoms with Crippen LogP contribution >= 0.6 is 23.2 Å². The quantitative estimate of drug-likeness (QED) is 0.268. The van der Waals surface area contributed by atoms with Crippen molar-refractivity contribution < 1.29 is 4.79 Å². The number of carbonyl (C=O) groups is 1. The van der Waals surface area contributed by atoms with Gasteiger partial charge in [-0.3, -0.25) is 4.79 Å². The molecule has 3 heterocycles. The van der Waals surface area contributed by atoms with Gasteiger partial charge in [0.25, 0.3) is 5.91 Å². The molecule has 40 heavy (non-hydrogen) atoms. The maximum absolute atomic E-state index is 13.0. The molecule has 202 valence electrons. The molecule has 3 aromatic carbocycles. The summed E-state index contributed by atoms with van der Waals surface area (Å²) in [6.45, 7) is 3.46. The topological polar surface area (TPSA) is 79.2 Å². The number of nitrogens with one attached hydrogen (secondary N) is 1. The number of nitrogens with zero attached hydrogens (tertiary/aromatic N) is 6. The second-order valence-corrected chi connectivity index (χ2v) is 10.5. The summed E-state index contributed by atoms with van der Waals surface area (Å²) in [5.41, 5.74) is 4.15. The highest BCUT2D eigenvalue weighted by molar-refractivity contribution is 6.31. The predicted molar refractivity (Wildman–Crippen MR) is 159 cm³/mol. The molecule has 0 atom stereocenters. The van der Waals surface area contributed by atoms with E-state index in [0.717, 1.165) is 16.8 Å². The zero-order valence-electron chi connectivity index (χ0n) is 21.7. The van der Waals surface area contributed by atoms with Crippen LogP contribution in [0.25, 0.3) is 11.2 Å². The van der Waals surface area contributed by atoms with Gasteiger partial charge in [0.05, 0.1) is 12.9 Å². The van der Waals surface area contributed by atoms with Crippen LogP contribution in [0.2, 0.25) is 10.0 Å². The van der Waals surface area contributed by atoms with E-state index in [1.165, 1.54) is 0 Å². The Morgan fingerprint density at radius 2 is 1.65 bits per heavy atom. The summed E-state index contributed by atoms with van der Waals surface area (Å²) in [6.07, 6.45) is 1.80. The van der Waals surface area contributed by atoms with Crippen LogP contribution in [0, 0.1) is 0 Å². The molecule has 8 nitrogen and oxygen atoms in total. The lowest BCUT2D eigenvalue weighted by molar-refractivity contribution is 0.0746. The molecule has 1 aliphatic rings. The lowest BCUT2D eigenvalue weighted by Gasteiger charge is -2.35. The van der Waals surface area contributed by atoms with Gasteiger partial charge in [-0.15, -0.1) is 0 Å². The SMILES string of the molecule is O=C(c1cccc(Cl)c1)N1CCN(c2nc(NCc3ccccc3Cl)c3ncn(Cc4ccccc4)c3n2)CC1. The van der Waals surface area contributed by atoms with Crippen molar-refractivity contribution in [3.05, 3.63) is 112 Å². The number of imidazole rings is 1. The molecule has 0 bridgehead atoms. The maximum Gasteiger partial charge on any atom is 0.254 e. The highest BCUT2D eigenvalue weighted by Crippen LogP contribution is 2.26. The molecule has 0 aliphatic carbocycles. The molecule has 6 rings (SSSR count). The van der Waals surface area contributed by atoms with E-state index in [1.807, 2.05) is 51.9 Å². The molecule has 0 saturated carbocycles. The van der Waals surface area contributed by atoms with Crippen molar-refractivity contribution in [1.82, 2.24) is 24.4 Å². The summed E-state index contributed by atoms with van der Waals surface area (Å²) in [6, 6.07) is 25.0. The van der Waals surface area contributed by atoms with Gasteiger partial charge >= 0.3 is 0 Å². The second-order valence-electron chi connectivity index (χ2n) is 9.64. The fourth-order valence-corrected chi connectivity index (χ4v) is 5.22. The minimum absolute atomic E-state index is 0.0263. The molecule has 1 saturated heterocycles. The molecular formula is C30H27Cl2N7O. The summed E-state index contributed by atoms with van der Waals surface area (Å²) >= 11 is 12.5. The van der Waals surface area contributed by atoms with Crippen molar-refractivity contribution >= 4 is 52.0 Å². The number of fused-ring (bicyclic) bond motifs is 1. The first kappa shape index (κ1) is 26.1. The third kappa shape index (κ3) is 5.59. The first-order valence-corrected chi connectivity index (χ1v) is 13.8. The zero-order valence-corrected chi connectivity index (χ0v) is 23.2. The van der Waals surface area contributed by atoms with Crippen molar-refractivity contribution in [2.75, 3.05) is 36.4 Å². The Bertz CT molecular complexity index is 1650. The van der Waals surface area contributed by atoms with E-state index in [2.05, 4.69) is 27.3 Å². The van der Waals surface area contributed by atoms with Crippen molar-refractivity contribution in [1.29, 1.82) is 0 Å². The van der Waals surface area contributed by atoms with Crippen molar-refractivity contribution in [2.24, 2.45) is 0 Å². The number of anilines is 2. The maximum atomic E-state index is 13.0. The first-order chi connectivity index (χ1) is 19.5. The second kappa shape index (κ2) is 11.5. The Morgan fingerprint density at radius 1 is 0.875 bits per heavy atom. The summed E-state index contributed by atoms with van der Waals surface area (Å²) in [5, 5.41) is 4.68. The molecule has 0 spiro atoms. The predicted octanol–water partition coefficient (Wildman–Crippen LogP) is 5.76. The molecule has 1 fully saturated rings. The van der Waals surface area contributed by atoms with Crippen LogP contribution in [0.1, 0.15) is 21.5 Å². The van der Waals surface area contributed by atoms with E-state index < -0.39 is 0 Å². The third-order valence-corrected chi connectivity index (χ3v) is 7.58. The number of benzene rings is 3. The van der Waals surface area contributed by atoms with E-state index in [-0.39, 0.29) is 5.91 Å². The average Bonchev–Trinajstić information content (AvgIpc) is 3.39. The number of hydrogen-bond donors (Lipinski definition) is 1. The van der Waals surface area contributed by atoms with Crippen LogP contribution in [0.3, 0.4) is 0 Å². The van der Waals surface area contributed by atoms with E-state index >= 15 is 0 Å². The lowest BCUT2D eigenvalue weighted by atomic mass is 10.2. The average molecular weight is 572 g/mol. The summed E-state index contributed by atoms with van der Waals surface area (Å²) in [5.74, 6) is 1.21. The molecule has 5 aromatic rings. The zero-order chi connectivity index (χ0) is 27.5. The normalized spacial score (nSPS) is 13.6. The van der Waals surface area contributed by atoms with Crippen LogP contribution in [0.5, 0.6) is 0 Å². The Balaban J connectivity index is 1.27. The van der Waals surface area contributed by atoms with Gasteiger partial charge in [-0.1, -0.05) is 77.8 Å². The number of amides is 1. The highest BCUT2D eigenvalue weighted by atomic mass is 35.5. The Hall–Kier alpha value is -4.14. The standard InChI is InChI=1S/C30H27Cl2N7O/c31-24-11-6-10-22(17-24)29(40)37-13-15-38(16-14-37)30-35-27(33-18-23-9-4-5-12-25(23)32)26-28(36-30)39(20-34-26)19-21-7-2-1-3-8-21/h1-12,17,20H,13-16,18-19H2,(H,33,35,36). The first-order valence-electron chi connectivity index (χ1n) is 13.1. The van der Waals surface area contributed by atoms with Crippen molar-refractivity contribution in [2.45, 2.75) is 13.1 Å². The van der Waals surface area contributed by atoms with E-state index in [0.29, 0.717) is 72.2 Å². The monoisotopic (exact) mass is 571 g/mol.